The summed E-state index contributed by atoms with van der Waals surface area (Å²) in [6.45, 7) is 1.91. The zero-order chi connectivity index (χ0) is 27.1. The van der Waals surface area contributed by atoms with Crippen LogP contribution in [-0.2, 0) is 4.79 Å². The maximum absolute atomic E-state index is 14.4. The molecule has 3 aromatic carbocycles. The Hall–Kier alpha value is -4.52. The van der Waals surface area contributed by atoms with Gasteiger partial charge in [-0.1, -0.05) is 30.3 Å². The van der Waals surface area contributed by atoms with Crippen LogP contribution in [0, 0.1) is 6.92 Å². The van der Waals surface area contributed by atoms with Gasteiger partial charge in [-0.15, -0.1) is 0 Å². The summed E-state index contributed by atoms with van der Waals surface area (Å²) in [6.07, 6.45) is 3.81. The van der Waals surface area contributed by atoms with E-state index < -0.39 is 6.04 Å². The summed E-state index contributed by atoms with van der Waals surface area (Å²) >= 11 is 0. The van der Waals surface area contributed by atoms with Crippen molar-refractivity contribution in [2.45, 2.75) is 31.8 Å². The SMILES string of the molecule is COc1ccc(OC)c(C2c3cccn3-c3ccccc3N2C(=O)CN(C(=O)c2ccccc2C)C2CC2)c1. The molecule has 2 heterocycles. The normalized spacial score (nSPS) is 15.8. The minimum atomic E-state index is -0.484. The first-order valence-corrected chi connectivity index (χ1v) is 13.2. The number of methoxy groups -OCH3 is 2. The van der Waals surface area contributed by atoms with E-state index in [1.807, 2.05) is 96.9 Å². The monoisotopic (exact) mass is 521 g/mol. The second-order valence-corrected chi connectivity index (χ2v) is 10.0. The zero-order valence-electron chi connectivity index (χ0n) is 22.3. The van der Waals surface area contributed by atoms with E-state index in [1.54, 1.807) is 19.1 Å². The van der Waals surface area contributed by atoms with Crippen molar-refractivity contribution >= 4 is 17.5 Å². The van der Waals surface area contributed by atoms with Crippen LogP contribution in [0.15, 0.2) is 85.1 Å². The Kier molecular flexibility index (Phi) is 6.35. The molecule has 0 bridgehead atoms. The lowest BCUT2D eigenvalue weighted by atomic mass is 9.96. The molecular formula is C32H31N3O4. The molecule has 1 unspecified atom stereocenters. The number of amides is 2. The second kappa shape index (κ2) is 9.98. The molecule has 1 aliphatic heterocycles. The zero-order valence-corrected chi connectivity index (χ0v) is 22.3. The van der Waals surface area contributed by atoms with Gasteiger partial charge in [0.05, 0.1) is 31.3 Å². The Morgan fingerprint density at radius 1 is 0.897 bits per heavy atom. The predicted molar refractivity (Wildman–Crippen MR) is 150 cm³/mol. The largest absolute Gasteiger partial charge is 0.497 e. The molecule has 1 fully saturated rings. The molecule has 7 nitrogen and oxygen atoms in total. The van der Waals surface area contributed by atoms with Gasteiger partial charge in [0.15, 0.2) is 0 Å². The van der Waals surface area contributed by atoms with Crippen molar-refractivity contribution in [3.63, 3.8) is 0 Å². The van der Waals surface area contributed by atoms with Crippen LogP contribution >= 0.6 is 0 Å². The molecule has 1 saturated carbocycles. The molecular weight excluding hydrogens is 490 g/mol. The van der Waals surface area contributed by atoms with Crippen molar-refractivity contribution < 1.29 is 19.1 Å². The Labute approximate surface area is 228 Å². The molecule has 7 heteroatoms. The highest BCUT2D eigenvalue weighted by atomic mass is 16.5. The minimum absolute atomic E-state index is 0.0182. The molecule has 1 aromatic heterocycles. The van der Waals surface area contributed by atoms with Gasteiger partial charge in [0.25, 0.3) is 5.91 Å². The first-order chi connectivity index (χ1) is 19.0. The highest BCUT2D eigenvalue weighted by molar-refractivity contribution is 6.03. The van der Waals surface area contributed by atoms with E-state index in [9.17, 15) is 9.59 Å². The molecule has 198 valence electrons. The van der Waals surface area contributed by atoms with E-state index in [-0.39, 0.29) is 24.4 Å². The van der Waals surface area contributed by atoms with Gasteiger partial charge in [0.1, 0.15) is 24.1 Å². The van der Waals surface area contributed by atoms with Crippen LogP contribution in [0.25, 0.3) is 5.69 Å². The first kappa shape index (κ1) is 24.8. The molecule has 0 N–H and O–H groups in total. The molecule has 0 radical (unpaired) electrons. The molecule has 39 heavy (non-hydrogen) atoms. The van der Waals surface area contributed by atoms with Gasteiger partial charge in [-0.25, -0.2) is 0 Å². The van der Waals surface area contributed by atoms with E-state index in [0.717, 1.165) is 41.0 Å². The maximum atomic E-state index is 14.4. The highest BCUT2D eigenvalue weighted by Gasteiger charge is 2.41. The summed E-state index contributed by atoms with van der Waals surface area (Å²) < 4.78 is 13.4. The number of aromatic nitrogens is 1. The van der Waals surface area contributed by atoms with Crippen LogP contribution in [0.5, 0.6) is 11.5 Å². The van der Waals surface area contributed by atoms with E-state index in [1.165, 1.54) is 0 Å². The number of nitrogens with zero attached hydrogens (tertiary/aromatic N) is 3. The number of fused-ring (bicyclic) bond motifs is 3. The summed E-state index contributed by atoms with van der Waals surface area (Å²) in [4.78, 5) is 31.7. The fraction of sp³-hybridized carbons (Fsp3) is 0.250. The Morgan fingerprint density at radius 2 is 1.64 bits per heavy atom. The smallest absolute Gasteiger partial charge is 0.254 e. The Morgan fingerprint density at radius 3 is 2.36 bits per heavy atom. The van der Waals surface area contributed by atoms with Crippen LogP contribution in [0.1, 0.15) is 46.1 Å². The number of carbonyl (C=O) groups excluding carboxylic acids is 2. The molecule has 2 aliphatic rings. The number of anilines is 1. The Bertz CT molecular complexity index is 1550. The molecule has 0 saturated heterocycles. The van der Waals surface area contributed by atoms with E-state index in [2.05, 4.69) is 4.57 Å². The lowest BCUT2D eigenvalue weighted by molar-refractivity contribution is -0.119. The summed E-state index contributed by atoms with van der Waals surface area (Å²) in [6, 6.07) is 24.7. The number of hydrogen-bond donors (Lipinski definition) is 0. The van der Waals surface area contributed by atoms with Crippen LogP contribution in [0.4, 0.5) is 5.69 Å². The number of ether oxygens (including phenoxy) is 2. The lowest BCUT2D eigenvalue weighted by Crippen LogP contribution is -2.47. The van der Waals surface area contributed by atoms with E-state index in [0.29, 0.717) is 17.1 Å². The van der Waals surface area contributed by atoms with E-state index in [4.69, 9.17) is 9.47 Å². The summed E-state index contributed by atoms with van der Waals surface area (Å²) in [7, 11) is 3.25. The van der Waals surface area contributed by atoms with Crippen LogP contribution in [0.3, 0.4) is 0 Å². The first-order valence-electron chi connectivity index (χ1n) is 13.2. The van der Waals surface area contributed by atoms with Gasteiger partial charge in [0.2, 0.25) is 5.91 Å². The van der Waals surface area contributed by atoms with Gasteiger partial charge in [-0.05, 0) is 73.9 Å². The van der Waals surface area contributed by atoms with Crippen molar-refractivity contribution in [2.75, 3.05) is 25.7 Å². The predicted octanol–water partition coefficient (Wildman–Crippen LogP) is 5.54. The van der Waals surface area contributed by atoms with Crippen molar-refractivity contribution in [3.8, 4) is 17.2 Å². The fourth-order valence-corrected chi connectivity index (χ4v) is 5.55. The third-order valence-corrected chi connectivity index (χ3v) is 7.65. The van der Waals surface area contributed by atoms with E-state index >= 15 is 0 Å². The highest BCUT2D eigenvalue weighted by Crippen LogP contribution is 2.45. The standard InChI is InChI=1S/C32H31N3O4/c1-21-9-4-5-10-24(21)32(37)34(22-14-15-22)20-30(36)35-27-12-7-6-11-26(27)33-18-8-13-28(33)31(35)25-19-23(38-2)16-17-29(25)39-3/h4-13,16-19,22,31H,14-15,20H2,1-3H3. The van der Waals surface area contributed by atoms with Crippen molar-refractivity contribution in [2.24, 2.45) is 0 Å². The number of benzene rings is 3. The van der Waals surface area contributed by atoms with Crippen molar-refractivity contribution in [1.82, 2.24) is 9.47 Å². The second-order valence-electron chi connectivity index (χ2n) is 10.0. The topological polar surface area (TPSA) is 64.0 Å². The summed E-state index contributed by atoms with van der Waals surface area (Å²) in [5.74, 6) is 1.07. The molecule has 1 aliphatic carbocycles. The average molecular weight is 522 g/mol. The molecule has 4 aromatic rings. The van der Waals surface area contributed by atoms with Gasteiger partial charge >= 0.3 is 0 Å². The number of aryl methyl sites for hydroxylation is 1. The summed E-state index contributed by atoms with van der Waals surface area (Å²) in [5, 5.41) is 0. The van der Waals surface area contributed by atoms with Gasteiger partial charge in [-0.3, -0.25) is 14.5 Å². The van der Waals surface area contributed by atoms with Crippen LogP contribution < -0.4 is 14.4 Å². The number of hydrogen-bond acceptors (Lipinski definition) is 4. The molecule has 2 amide bonds. The number of para-hydroxylation sites is 2. The van der Waals surface area contributed by atoms with Crippen LogP contribution in [-0.4, -0.2) is 48.1 Å². The minimum Gasteiger partial charge on any atom is -0.497 e. The van der Waals surface area contributed by atoms with Gasteiger partial charge < -0.3 is 18.9 Å². The molecule has 6 rings (SSSR count). The maximum Gasteiger partial charge on any atom is 0.254 e. The fourth-order valence-electron chi connectivity index (χ4n) is 5.55. The van der Waals surface area contributed by atoms with Crippen LogP contribution in [0.2, 0.25) is 0 Å². The third kappa shape index (κ3) is 4.34. The Balaban J connectivity index is 1.46. The quantitative estimate of drug-likeness (QED) is 0.320. The lowest BCUT2D eigenvalue weighted by Gasteiger charge is -2.40. The van der Waals surface area contributed by atoms with Gasteiger partial charge in [-0.2, -0.15) is 0 Å². The third-order valence-electron chi connectivity index (χ3n) is 7.65. The number of carbonyl (C=O) groups is 2. The van der Waals surface area contributed by atoms with Crippen molar-refractivity contribution in [1.29, 1.82) is 0 Å². The molecule has 1 atom stereocenters. The summed E-state index contributed by atoms with van der Waals surface area (Å²) in [5.41, 5.74) is 4.96. The van der Waals surface area contributed by atoms with Gasteiger partial charge in [0, 0.05) is 23.4 Å². The number of rotatable bonds is 7. The van der Waals surface area contributed by atoms with Crippen molar-refractivity contribution in [3.05, 3.63) is 107 Å². The average Bonchev–Trinajstić information content (AvgIpc) is 3.69. The molecule has 0 spiro atoms.